The lowest BCUT2D eigenvalue weighted by Crippen LogP contribution is -2.16. The summed E-state index contributed by atoms with van der Waals surface area (Å²) < 4.78 is 35.1. The van der Waals surface area contributed by atoms with E-state index in [9.17, 15) is 13.2 Å². The first-order valence-corrected chi connectivity index (χ1v) is 3.59. The quantitative estimate of drug-likeness (QED) is 0.600. The number of nitrogens with zero attached hydrogens (tertiary/aromatic N) is 2. The van der Waals surface area contributed by atoms with Crippen LogP contribution in [0, 0.1) is 6.92 Å². The highest BCUT2D eigenvalue weighted by Gasteiger charge is 2.30. The van der Waals surface area contributed by atoms with Gasteiger partial charge in [-0.3, -0.25) is 0 Å². The zero-order chi connectivity index (χ0) is 9.78. The monoisotopic (exact) mass is 180 g/mol. The lowest BCUT2D eigenvalue weighted by Gasteiger charge is -2.03. The van der Waals surface area contributed by atoms with Crippen LogP contribution in [-0.4, -0.2) is 9.78 Å². The topological polar surface area (TPSA) is 17.8 Å². The van der Waals surface area contributed by atoms with Crippen molar-refractivity contribution in [2.45, 2.75) is 27.1 Å². The molecule has 0 aliphatic carbocycles. The van der Waals surface area contributed by atoms with Crippen molar-refractivity contribution in [3.8, 4) is 0 Å². The van der Waals surface area contributed by atoms with Gasteiger partial charge in [0.05, 0.1) is 5.69 Å². The Morgan fingerprint density at radius 2 is 1.83 bits per heavy atom. The van der Waals surface area contributed by atoms with Crippen molar-refractivity contribution in [3.63, 3.8) is 0 Å². The smallest absolute Gasteiger partial charge is 0.179 e. The fraction of sp³-hybridized carbons (Fsp3) is 0.571. The molecular weight excluding hydrogens is 169 g/mol. The van der Waals surface area contributed by atoms with Gasteiger partial charge in [0.2, 0.25) is 0 Å². The van der Waals surface area contributed by atoms with Gasteiger partial charge in [-0.1, -0.05) is 13.8 Å². The van der Waals surface area contributed by atoms with Gasteiger partial charge in [0.15, 0.2) is 0 Å². The summed E-state index contributed by atoms with van der Waals surface area (Å²) in [5.41, 5.74) is 0.359. The van der Waals surface area contributed by atoms with E-state index in [4.69, 9.17) is 0 Å². The van der Waals surface area contributed by atoms with Gasteiger partial charge in [-0.15, -0.1) is 13.2 Å². The van der Waals surface area contributed by atoms with Gasteiger partial charge >= 0.3 is 6.30 Å². The minimum Gasteiger partial charge on any atom is -0.179 e. The minimum absolute atomic E-state index is 0.0255. The zero-order valence-corrected chi connectivity index (χ0v) is 7.18. The van der Waals surface area contributed by atoms with E-state index < -0.39 is 6.30 Å². The summed E-state index contributed by atoms with van der Waals surface area (Å²) in [6, 6.07) is 1.30. The van der Waals surface area contributed by atoms with Crippen LogP contribution >= 0.6 is 0 Å². The molecule has 0 aromatic carbocycles. The molecule has 0 fully saturated rings. The predicted molar refractivity (Wildman–Crippen MR) is 39.6 cm³/mol. The number of aryl methyl sites for hydroxylation is 1. The third-order valence-corrected chi connectivity index (χ3v) is 0.982. The summed E-state index contributed by atoms with van der Waals surface area (Å²) in [6.07, 6.45) is -3.50. The normalized spacial score (nSPS) is 10.5. The Kier molecular flexibility index (Phi) is 3.79. The molecule has 1 aromatic heterocycles. The van der Waals surface area contributed by atoms with Crippen molar-refractivity contribution >= 4 is 0 Å². The van der Waals surface area contributed by atoms with E-state index in [0.29, 0.717) is 5.69 Å². The molecule has 0 unspecified atom stereocenters. The molecule has 0 atom stereocenters. The van der Waals surface area contributed by atoms with Crippen LogP contribution in [0.1, 0.15) is 19.5 Å². The molecule has 0 bridgehead atoms. The number of rotatable bonds is 0. The molecule has 0 spiro atoms. The van der Waals surface area contributed by atoms with E-state index >= 15 is 0 Å². The highest BCUT2D eigenvalue weighted by Crippen LogP contribution is 2.20. The maximum absolute atomic E-state index is 11.7. The van der Waals surface area contributed by atoms with Crippen molar-refractivity contribution in [2.75, 3.05) is 0 Å². The van der Waals surface area contributed by atoms with Crippen LogP contribution < -0.4 is 0 Å². The maximum Gasteiger partial charge on any atom is 0.504 e. The minimum atomic E-state index is -4.38. The molecule has 0 aliphatic heterocycles. The van der Waals surface area contributed by atoms with Gasteiger partial charge in [0.25, 0.3) is 0 Å². The Labute approximate surface area is 69.0 Å². The summed E-state index contributed by atoms with van der Waals surface area (Å²) in [5.74, 6) is 0. The van der Waals surface area contributed by atoms with Gasteiger partial charge in [-0.05, 0) is 13.0 Å². The molecule has 0 radical (unpaired) electrons. The van der Waals surface area contributed by atoms with Gasteiger partial charge in [-0.25, -0.2) is 0 Å². The first-order chi connectivity index (χ1) is 5.50. The lowest BCUT2D eigenvalue weighted by atomic mass is 10.5. The Balaban J connectivity index is 0.000000561. The number of alkyl halides is 3. The van der Waals surface area contributed by atoms with Crippen molar-refractivity contribution in [3.05, 3.63) is 18.0 Å². The van der Waals surface area contributed by atoms with Crippen LogP contribution in [-0.2, 0) is 6.30 Å². The van der Waals surface area contributed by atoms with Crippen LogP contribution in [0.2, 0.25) is 0 Å². The van der Waals surface area contributed by atoms with E-state index in [2.05, 4.69) is 5.10 Å². The molecule has 70 valence electrons. The van der Waals surface area contributed by atoms with Crippen LogP contribution in [0.3, 0.4) is 0 Å². The summed E-state index contributed by atoms with van der Waals surface area (Å²) in [7, 11) is 0. The van der Waals surface area contributed by atoms with Crippen LogP contribution in [0.5, 0.6) is 0 Å². The summed E-state index contributed by atoms with van der Waals surface area (Å²) in [5, 5.41) is 3.17. The van der Waals surface area contributed by atoms with Gasteiger partial charge in [0.1, 0.15) is 0 Å². The van der Waals surface area contributed by atoms with Gasteiger partial charge in [-0.2, -0.15) is 9.78 Å². The molecule has 1 heterocycles. The van der Waals surface area contributed by atoms with Crippen molar-refractivity contribution in [1.82, 2.24) is 9.78 Å². The molecule has 12 heavy (non-hydrogen) atoms. The standard InChI is InChI=1S/C5H5F3N2.C2H6/c1-4-2-3-10(9-4)5(6,7)8;1-2/h2-3H,1H3;1-2H3. The van der Waals surface area contributed by atoms with Gasteiger partial charge in [0, 0.05) is 6.20 Å². The SMILES string of the molecule is CC.Cc1ccn(C(F)(F)F)n1. The molecule has 0 saturated carbocycles. The van der Waals surface area contributed by atoms with E-state index in [1.165, 1.54) is 13.0 Å². The van der Waals surface area contributed by atoms with Crippen LogP contribution in [0.25, 0.3) is 0 Å². The molecule has 0 amide bonds. The maximum atomic E-state index is 11.7. The largest absolute Gasteiger partial charge is 0.504 e. The fourth-order valence-corrected chi connectivity index (χ4v) is 0.556. The molecule has 1 aromatic rings. The second kappa shape index (κ2) is 4.13. The fourth-order valence-electron chi connectivity index (χ4n) is 0.556. The molecule has 5 heteroatoms. The van der Waals surface area contributed by atoms with Gasteiger partial charge < -0.3 is 0 Å². The second-order valence-electron chi connectivity index (χ2n) is 1.87. The van der Waals surface area contributed by atoms with Crippen LogP contribution in [0.15, 0.2) is 12.3 Å². The number of aromatic nitrogens is 2. The molecule has 1 rings (SSSR count). The lowest BCUT2D eigenvalue weighted by molar-refractivity contribution is -0.212. The third-order valence-electron chi connectivity index (χ3n) is 0.982. The highest BCUT2D eigenvalue weighted by molar-refractivity contribution is 4.95. The average molecular weight is 180 g/mol. The Morgan fingerprint density at radius 1 is 1.33 bits per heavy atom. The molecular formula is C7H11F3N2. The van der Waals surface area contributed by atoms with Crippen molar-refractivity contribution < 1.29 is 13.2 Å². The second-order valence-corrected chi connectivity index (χ2v) is 1.87. The predicted octanol–water partition coefficient (Wildman–Crippen LogP) is 2.69. The highest BCUT2D eigenvalue weighted by atomic mass is 19.4. The van der Waals surface area contributed by atoms with E-state index in [1.54, 1.807) is 0 Å². The molecule has 2 nitrogen and oxygen atoms in total. The molecule has 0 N–H and O–H groups in total. The summed E-state index contributed by atoms with van der Waals surface area (Å²) >= 11 is 0. The molecule has 0 saturated heterocycles. The zero-order valence-electron chi connectivity index (χ0n) is 7.18. The number of hydrogen-bond acceptors (Lipinski definition) is 1. The Bertz CT molecular complexity index is 227. The van der Waals surface area contributed by atoms with Crippen LogP contribution in [0.4, 0.5) is 13.2 Å². The van der Waals surface area contributed by atoms with E-state index in [0.717, 1.165) is 6.20 Å². The first kappa shape index (κ1) is 11.0. The Hall–Kier alpha value is -1.00. The number of hydrogen-bond donors (Lipinski definition) is 0. The first-order valence-electron chi connectivity index (χ1n) is 3.59. The average Bonchev–Trinajstić information content (AvgIpc) is 2.39. The molecule has 0 aliphatic rings. The summed E-state index contributed by atoms with van der Waals surface area (Å²) in [6.45, 7) is 5.50. The third kappa shape index (κ3) is 2.94. The van der Waals surface area contributed by atoms with E-state index in [-0.39, 0.29) is 4.68 Å². The number of halogens is 3. The van der Waals surface area contributed by atoms with Crippen molar-refractivity contribution in [1.29, 1.82) is 0 Å². The van der Waals surface area contributed by atoms with Crippen molar-refractivity contribution in [2.24, 2.45) is 0 Å². The van der Waals surface area contributed by atoms with E-state index in [1.807, 2.05) is 13.8 Å². The summed E-state index contributed by atoms with van der Waals surface area (Å²) in [4.78, 5) is 0. The Morgan fingerprint density at radius 3 is 2.00 bits per heavy atom.